The molecular weight excluding hydrogens is 288 g/mol. The molecule has 0 saturated carbocycles. The first kappa shape index (κ1) is 13.5. The van der Waals surface area contributed by atoms with Crippen molar-refractivity contribution in [1.29, 1.82) is 0 Å². The van der Waals surface area contributed by atoms with E-state index >= 15 is 0 Å². The van der Waals surface area contributed by atoms with Gasteiger partial charge in [-0.25, -0.2) is 15.8 Å². The molecule has 0 aliphatic heterocycles. The molecule has 0 amide bonds. The predicted octanol–water partition coefficient (Wildman–Crippen LogP) is 1.99. The molecule has 0 aliphatic rings. The molecule has 0 aliphatic carbocycles. The summed E-state index contributed by atoms with van der Waals surface area (Å²) in [7, 11) is 1.59. The topological polar surface area (TPSA) is 98.0 Å². The van der Waals surface area contributed by atoms with Crippen molar-refractivity contribution in [2.24, 2.45) is 5.84 Å². The van der Waals surface area contributed by atoms with Gasteiger partial charge in [-0.1, -0.05) is 6.07 Å². The summed E-state index contributed by atoms with van der Waals surface area (Å²) in [6.45, 7) is 0.600. The van der Waals surface area contributed by atoms with Gasteiger partial charge in [0.05, 0.1) is 12.5 Å². The van der Waals surface area contributed by atoms with Gasteiger partial charge in [0.15, 0.2) is 0 Å². The highest BCUT2D eigenvalue weighted by molar-refractivity contribution is 7.16. The van der Waals surface area contributed by atoms with Crippen LogP contribution >= 0.6 is 11.3 Å². The minimum atomic E-state index is 0.389. The molecule has 3 aromatic rings. The third kappa shape index (κ3) is 2.86. The van der Waals surface area contributed by atoms with Gasteiger partial charge in [0.2, 0.25) is 11.8 Å². The number of hydrogen-bond donors (Lipinski definition) is 3. The first-order chi connectivity index (χ1) is 10.3. The summed E-state index contributed by atoms with van der Waals surface area (Å²) in [5.74, 6) is 7.12. The molecule has 0 fully saturated rings. The van der Waals surface area contributed by atoms with E-state index < -0.39 is 0 Å². The van der Waals surface area contributed by atoms with E-state index in [1.807, 2.05) is 23.6 Å². The monoisotopic (exact) mass is 302 g/mol. The van der Waals surface area contributed by atoms with Gasteiger partial charge in [0, 0.05) is 18.8 Å². The number of anilines is 2. The highest BCUT2D eigenvalue weighted by Crippen LogP contribution is 2.26. The molecule has 4 N–H and O–H groups in total. The Balaban J connectivity index is 1.81. The first-order valence-corrected chi connectivity index (χ1v) is 7.13. The van der Waals surface area contributed by atoms with Gasteiger partial charge >= 0.3 is 0 Å². The number of nitrogens with zero attached hydrogens (tertiary/aromatic N) is 3. The van der Waals surface area contributed by atoms with Crippen LogP contribution in [-0.4, -0.2) is 22.1 Å². The predicted molar refractivity (Wildman–Crippen MR) is 83.3 cm³/mol. The molecule has 108 valence electrons. The van der Waals surface area contributed by atoms with E-state index in [1.165, 1.54) is 0 Å². The summed E-state index contributed by atoms with van der Waals surface area (Å²) in [6.07, 6.45) is 1.76. The number of fused-ring (bicyclic) bond motifs is 1. The van der Waals surface area contributed by atoms with Gasteiger partial charge < -0.3 is 10.1 Å². The van der Waals surface area contributed by atoms with Crippen LogP contribution in [-0.2, 0) is 6.54 Å². The maximum Gasteiger partial charge on any atom is 0.240 e. The lowest BCUT2D eigenvalue weighted by Crippen LogP contribution is -2.12. The van der Waals surface area contributed by atoms with E-state index in [-0.39, 0.29) is 0 Å². The van der Waals surface area contributed by atoms with E-state index in [0.717, 1.165) is 21.6 Å². The van der Waals surface area contributed by atoms with Crippen LogP contribution in [0.2, 0.25) is 0 Å². The second-order valence-corrected chi connectivity index (χ2v) is 5.14. The number of nitrogens with one attached hydrogen (secondary N) is 2. The third-order valence-electron chi connectivity index (χ3n) is 2.92. The summed E-state index contributed by atoms with van der Waals surface area (Å²) in [5, 5.41) is 6.23. The quantitative estimate of drug-likeness (QED) is 0.489. The number of aromatic nitrogens is 3. The van der Waals surface area contributed by atoms with Gasteiger partial charge in [-0.15, -0.1) is 11.3 Å². The molecule has 21 heavy (non-hydrogen) atoms. The molecule has 0 saturated heterocycles. The van der Waals surface area contributed by atoms with Crippen molar-refractivity contribution in [3.8, 4) is 5.88 Å². The number of pyridine rings is 1. The molecule has 0 atom stereocenters. The molecule has 8 heteroatoms. The third-order valence-corrected chi connectivity index (χ3v) is 3.73. The molecule has 0 bridgehead atoms. The van der Waals surface area contributed by atoms with Crippen molar-refractivity contribution in [2.75, 3.05) is 17.9 Å². The molecule has 0 aromatic carbocycles. The van der Waals surface area contributed by atoms with Crippen molar-refractivity contribution >= 4 is 33.3 Å². The SMILES string of the molecule is COc1ccc(CNc2nc(NN)nc3sccc23)cn1. The van der Waals surface area contributed by atoms with Crippen LogP contribution in [0.5, 0.6) is 5.88 Å². The van der Waals surface area contributed by atoms with E-state index in [1.54, 1.807) is 24.6 Å². The van der Waals surface area contributed by atoms with Crippen LogP contribution < -0.4 is 21.3 Å². The van der Waals surface area contributed by atoms with Crippen molar-refractivity contribution in [3.05, 3.63) is 35.3 Å². The lowest BCUT2D eigenvalue weighted by molar-refractivity contribution is 0.397. The molecule has 3 rings (SSSR count). The molecule has 3 heterocycles. The Kier molecular flexibility index (Phi) is 3.80. The van der Waals surface area contributed by atoms with Gasteiger partial charge in [-0.3, -0.25) is 5.43 Å². The minimum absolute atomic E-state index is 0.389. The average molecular weight is 302 g/mol. The van der Waals surface area contributed by atoms with E-state index in [2.05, 4.69) is 25.7 Å². The first-order valence-electron chi connectivity index (χ1n) is 6.25. The second kappa shape index (κ2) is 5.90. The zero-order valence-corrected chi connectivity index (χ0v) is 12.1. The van der Waals surface area contributed by atoms with Crippen LogP contribution in [0.25, 0.3) is 10.2 Å². The summed E-state index contributed by atoms with van der Waals surface area (Å²) in [5.41, 5.74) is 3.51. The summed E-state index contributed by atoms with van der Waals surface area (Å²) >= 11 is 1.54. The van der Waals surface area contributed by atoms with Gasteiger partial charge in [0.25, 0.3) is 0 Å². The lowest BCUT2D eigenvalue weighted by atomic mass is 10.3. The maximum absolute atomic E-state index is 5.40. The molecule has 3 aromatic heterocycles. The summed E-state index contributed by atoms with van der Waals surface area (Å²) < 4.78 is 5.04. The number of methoxy groups -OCH3 is 1. The Labute approximate surface area is 125 Å². The number of hydrogen-bond acceptors (Lipinski definition) is 8. The number of ether oxygens (including phenoxy) is 1. The Morgan fingerprint density at radius 2 is 2.19 bits per heavy atom. The van der Waals surface area contributed by atoms with Gasteiger partial charge in [0.1, 0.15) is 10.6 Å². The fraction of sp³-hybridized carbons (Fsp3) is 0.154. The zero-order chi connectivity index (χ0) is 14.7. The second-order valence-electron chi connectivity index (χ2n) is 4.24. The van der Waals surface area contributed by atoms with Crippen LogP contribution in [0.15, 0.2) is 29.8 Å². The van der Waals surface area contributed by atoms with Gasteiger partial charge in [-0.2, -0.15) is 4.98 Å². The summed E-state index contributed by atoms with van der Waals surface area (Å²) in [6, 6.07) is 5.76. The van der Waals surface area contributed by atoms with E-state index in [4.69, 9.17) is 10.6 Å². The Morgan fingerprint density at radius 3 is 2.90 bits per heavy atom. The van der Waals surface area contributed by atoms with Crippen molar-refractivity contribution in [1.82, 2.24) is 15.0 Å². The Morgan fingerprint density at radius 1 is 1.29 bits per heavy atom. The van der Waals surface area contributed by atoms with Crippen LogP contribution in [0, 0.1) is 0 Å². The average Bonchev–Trinajstić information content (AvgIpc) is 3.01. The molecule has 0 spiro atoms. The normalized spacial score (nSPS) is 10.6. The standard InChI is InChI=1S/C13H14N6OS/c1-20-10-3-2-8(6-15-10)7-16-11-9-4-5-21-12(9)18-13(17-11)19-14/h2-6H,7,14H2,1H3,(H2,16,17,18,19). The Bertz CT molecular complexity index is 742. The largest absolute Gasteiger partial charge is 0.481 e. The number of nitrogen functional groups attached to an aromatic ring is 1. The van der Waals surface area contributed by atoms with Crippen LogP contribution in [0.3, 0.4) is 0 Å². The van der Waals surface area contributed by atoms with Crippen molar-refractivity contribution < 1.29 is 4.74 Å². The van der Waals surface area contributed by atoms with Crippen LogP contribution in [0.1, 0.15) is 5.56 Å². The minimum Gasteiger partial charge on any atom is -0.481 e. The zero-order valence-electron chi connectivity index (χ0n) is 11.3. The molecule has 0 radical (unpaired) electrons. The number of thiophene rings is 1. The highest BCUT2D eigenvalue weighted by Gasteiger charge is 2.08. The van der Waals surface area contributed by atoms with E-state index in [0.29, 0.717) is 18.4 Å². The van der Waals surface area contributed by atoms with E-state index in [9.17, 15) is 0 Å². The number of hydrazine groups is 1. The smallest absolute Gasteiger partial charge is 0.240 e. The number of rotatable bonds is 5. The van der Waals surface area contributed by atoms with Crippen molar-refractivity contribution in [3.63, 3.8) is 0 Å². The van der Waals surface area contributed by atoms with Crippen LogP contribution in [0.4, 0.5) is 11.8 Å². The van der Waals surface area contributed by atoms with Gasteiger partial charge in [-0.05, 0) is 17.0 Å². The fourth-order valence-corrected chi connectivity index (χ4v) is 2.64. The fourth-order valence-electron chi connectivity index (χ4n) is 1.88. The molecular formula is C13H14N6OS. The summed E-state index contributed by atoms with van der Waals surface area (Å²) in [4.78, 5) is 13.7. The lowest BCUT2D eigenvalue weighted by Gasteiger charge is -2.08. The highest BCUT2D eigenvalue weighted by atomic mass is 32.1. The molecule has 0 unspecified atom stereocenters. The number of nitrogens with two attached hydrogens (primary N) is 1. The molecule has 7 nitrogen and oxygen atoms in total. The Hall–Kier alpha value is -2.45. The maximum atomic E-state index is 5.40. The van der Waals surface area contributed by atoms with Crippen molar-refractivity contribution in [2.45, 2.75) is 6.54 Å².